The number of nitrogens with one attached hydrogen (secondary N) is 2. The molecule has 0 fully saturated rings. The Morgan fingerprint density at radius 3 is 2.82 bits per heavy atom. The molecule has 3 aliphatic rings. The summed E-state index contributed by atoms with van der Waals surface area (Å²) in [5, 5.41) is 16.4. The molecule has 6 rings (SSSR count). The van der Waals surface area contributed by atoms with Gasteiger partial charge in [0.15, 0.2) is 0 Å². The lowest BCUT2D eigenvalue weighted by molar-refractivity contribution is 0.197. The average molecular weight is 371 g/mol. The van der Waals surface area contributed by atoms with E-state index in [0.717, 1.165) is 28.9 Å². The van der Waals surface area contributed by atoms with Crippen molar-refractivity contribution >= 4 is 33.9 Å². The van der Waals surface area contributed by atoms with Gasteiger partial charge in [0.1, 0.15) is 12.9 Å². The van der Waals surface area contributed by atoms with E-state index in [-0.39, 0.29) is 6.04 Å². The Bertz CT molecular complexity index is 1200. The number of anilines is 2. The van der Waals surface area contributed by atoms with Crippen molar-refractivity contribution in [2.24, 2.45) is 0 Å². The minimum atomic E-state index is -1.10. The maximum Gasteiger partial charge on any atom is 0.409 e. The van der Waals surface area contributed by atoms with Crippen LogP contribution >= 0.6 is 0 Å². The Labute approximate surface area is 161 Å². The van der Waals surface area contributed by atoms with Gasteiger partial charge in [-0.25, -0.2) is 4.79 Å². The van der Waals surface area contributed by atoms with Crippen molar-refractivity contribution in [3.63, 3.8) is 0 Å². The van der Waals surface area contributed by atoms with E-state index in [1.165, 1.54) is 28.2 Å². The lowest BCUT2D eigenvalue weighted by Crippen LogP contribution is -2.35. The third-order valence-corrected chi connectivity index (χ3v) is 5.80. The van der Waals surface area contributed by atoms with E-state index in [4.69, 9.17) is 4.74 Å². The molecule has 138 valence electrons. The van der Waals surface area contributed by atoms with Crippen LogP contribution in [0.3, 0.4) is 0 Å². The fourth-order valence-corrected chi connectivity index (χ4v) is 4.73. The first kappa shape index (κ1) is 15.4. The lowest BCUT2D eigenvalue weighted by Gasteiger charge is -2.36. The Balaban J connectivity index is 1.55. The summed E-state index contributed by atoms with van der Waals surface area (Å²) >= 11 is 0. The molecule has 6 nitrogen and oxygen atoms in total. The van der Waals surface area contributed by atoms with Crippen LogP contribution in [0.4, 0.5) is 16.2 Å². The summed E-state index contributed by atoms with van der Waals surface area (Å²) in [5.74, 6) is 0. The van der Waals surface area contributed by atoms with E-state index < -0.39 is 6.09 Å². The van der Waals surface area contributed by atoms with Crippen LogP contribution in [0.25, 0.3) is 16.5 Å². The van der Waals surface area contributed by atoms with E-state index in [1.807, 2.05) is 6.07 Å². The Kier molecular flexibility index (Phi) is 2.98. The third kappa shape index (κ3) is 2.00. The van der Waals surface area contributed by atoms with Gasteiger partial charge in [-0.15, -0.1) is 0 Å². The largest absolute Gasteiger partial charge is 0.494 e. The van der Waals surface area contributed by atoms with Crippen molar-refractivity contribution in [2.45, 2.75) is 19.1 Å². The highest BCUT2D eigenvalue weighted by Crippen LogP contribution is 2.50. The molecule has 0 spiro atoms. The predicted octanol–water partition coefficient (Wildman–Crippen LogP) is 4.38. The van der Waals surface area contributed by atoms with Crippen LogP contribution in [-0.4, -0.2) is 11.2 Å². The summed E-state index contributed by atoms with van der Waals surface area (Å²) in [5.41, 5.74) is 10.5. The van der Waals surface area contributed by atoms with Gasteiger partial charge in [-0.1, -0.05) is 42.5 Å². The Hall–Kier alpha value is -3.67. The zero-order valence-electron chi connectivity index (χ0n) is 14.9. The third-order valence-electron chi connectivity index (χ3n) is 5.80. The smallest absolute Gasteiger partial charge is 0.409 e. The fraction of sp³-hybridized carbons (Fsp3) is 0.136. The molecule has 28 heavy (non-hydrogen) atoms. The zero-order valence-corrected chi connectivity index (χ0v) is 14.9. The standard InChI is InChI=1S/C22H17N3O3/c26-22(27)23-17-11-28-10-14-8-7-13-9-18-15-5-1-3-12-4-2-6-16(19(12)15)24-25(18)21(13)20(14)17/h1-8,11,18,23-24H,9-10H2,(H,26,27). The topological polar surface area (TPSA) is 73.8 Å². The van der Waals surface area contributed by atoms with Gasteiger partial charge in [-0.2, -0.15) is 0 Å². The van der Waals surface area contributed by atoms with E-state index in [9.17, 15) is 9.90 Å². The number of rotatable bonds is 1. The lowest BCUT2D eigenvalue weighted by atomic mass is 9.94. The first-order valence-electron chi connectivity index (χ1n) is 9.25. The number of fused-ring (bicyclic) bond motifs is 6. The van der Waals surface area contributed by atoms with Crippen LogP contribution in [0.2, 0.25) is 0 Å². The second kappa shape index (κ2) is 5.42. The summed E-state index contributed by atoms with van der Waals surface area (Å²) in [6.45, 7) is 0.429. The van der Waals surface area contributed by atoms with Crippen molar-refractivity contribution in [3.05, 3.63) is 77.0 Å². The van der Waals surface area contributed by atoms with Crippen molar-refractivity contribution in [2.75, 3.05) is 10.4 Å². The molecule has 1 amide bonds. The van der Waals surface area contributed by atoms with Crippen LogP contribution in [0.15, 0.2) is 54.8 Å². The van der Waals surface area contributed by atoms with Crippen LogP contribution < -0.4 is 15.8 Å². The van der Waals surface area contributed by atoms with Crippen LogP contribution in [0.5, 0.6) is 0 Å². The van der Waals surface area contributed by atoms with Gasteiger partial charge in [0.2, 0.25) is 0 Å². The fourth-order valence-electron chi connectivity index (χ4n) is 4.73. The van der Waals surface area contributed by atoms with Crippen LogP contribution in [0.1, 0.15) is 28.3 Å². The van der Waals surface area contributed by atoms with Crippen molar-refractivity contribution < 1.29 is 14.6 Å². The van der Waals surface area contributed by atoms with Crippen LogP contribution in [-0.2, 0) is 17.8 Å². The van der Waals surface area contributed by atoms with Crippen LogP contribution in [0, 0.1) is 0 Å². The Morgan fingerprint density at radius 1 is 1.14 bits per heavy atom. The predicted molar refractivity (Wildman–Crippen MR) is 107 cm³/mol. The number of hydrogen-bond donors (Lipinski definition) is 3. The molecule has 0 radical (unpaired) electrons. The van der Waals surface area contributed by atoms with E-state index in [1.54, 1.807) is 0 Å². The first-order chi connectivity index (χ1) is 13.7. The molecule has 3 heterocycles. The van der Waals surface area contributed by atoms with Crippen molar-refractivity contribution in [3.8, 4) is 0 Å². The molecule has 0 saturated carbocycles. The summed E-state index contributed by atoms with van der Waals surface area (Å²) < 4.78 is 5.48. The second-order valence-electron chi connectivity index (χ2n) is 7.33. The van der Waals surface area contributed by atoms with E-state index in [2.05, 4.69) is 58.2 Å². The number of benzene rings is 3. The van der Waals surface area contributed by atoms with Gasteiger partial charge in [-0.05, 0) is 22.6 Å². The minimum Gasteiger partial charge on any atom is -0.494 e. The molecule has 6 heteroatoms. The molecule has 1 unspecified atom stereocenters. The highest BCUT2D eigenvalue weighted by atomic mass is 16.5. The van der Waals surface area contributed by atoms with Gasteiger partial charge >= 0.3 is 6.09 Å². The molecule has 3 aliphatic heterocycles. The number of nitrogens with zero attached hydrogens (tertiary/aromatic N) is 1. The molecule has 3 aromatic carbocycles. The number of carbonyl (C=O) groups is 1. The monoisotopic (exact) mass is 371 g/mol. The average Bonchev–Trinajstić information content (AvgIpc) is 3.07. The van der Waals surface area contributed by atoms with Gasteiger partial charge in [0.25, 0.3) is 0 Å². The normalized spacial score (nSPS) is 18.4. The Morgan fingerprint density at radius 2 is 1.96 bits per heavy atom. The number of hydrogen-bond acceptors (Lipinski definition) is 4. The molecule has 0 aromatic heterocycles. The van der Waals surface area contributed by atoms with Gasteiger partial charge in [-0.3, -0.25) is 15.8 Å². The molecule has 3 N–H and O–H groups in total. The van der Waals surface area contributed by atoms with Gasteiger partial charge in [0, 0.05) is 22.9 Å². The highest BCUT2D eigenvalue weighted by Gasteiger charge is 2.39. The summed E-state index contributed by atoms with van der Waals surface area (Å²) in [7, 11) is 0. The van der Waals surface area contributed by atoms with E-state index in [0.29, 0.717) is 12.3 Å². The number of carboxylic acid groups (broad SMARTS) is 1. The number of hydrazine groups is 1. The zero-order chi connectivity index (χ0) is 18.8. The first-order valence-corrected chi connectivity index (χ1v) is 9.25. The quantitative estimate of drug-likeness (QED) is 0.592. The number of ether oxygens (including phenoxy) is 1. The summed E-state index contributed by atoms with van der Waals surface area (Å²) in [4.78, 5) is 11.3. The number of amides is 1. The molecular weight excluding hydrogens is 354 g/mol. The molecule has 1 atom stereocenters. The maximum atomic E-state index is 11.3. The summed E-state index contributed by atoms with van der Waals surface area (Å²) in [6.07, 6.45) is 1.27. The van der Waals surface area contributed by atoms with Gasteiger partial charge < -0.3 is 9.84 Å². The molecule has 0 bridgehead atoms. The maximum absolute atomic E-state index is 11.3. The second-order valence-corrected chi connectivity index (χ2v) is 7.33. The van der Waals surface area contributed by atoms with Crippen molar-refractivity contribution in [1.29, 1.82) is 0 Å². The van der Waals surface area contributed by atoms with Gasteiger partial charge in [0.05, 0.1) is 23.1 Å². The molecule has 0 aliphatic carbocycles. The van der Waals surface area contributed by atoms with Crippen molar-refractivity contribution in [1.82, 2.24) is 5.32 Å². The minimum absolute atomic E-state index is 0.161. The SMILES string of the molecule is O=C(O)NC1=COCc2ccc3c(c21)N1Nc2cccc4cccc(c24)C1C3. The van der Waals surface area contributed by atoms with E-state index >= 15 is 0 Å². The molecule has 0 saturated heterocycles. The molecule has 3 aromatic rings. The summed E-state index contributed by atoms with van der Waals surface area (Å²) in [6, 6.07) is 17.0. The highest BCUT2D eigenvalue weighted by molar-refractivity contribution is 6.00. The molecular formula is C22H17N3O3.